The molecule has 2 amide bonds. The molecule has 2 aromatic rings. The number of carboxylic acid groups (broad SMARTS) is 1. The van der Waals surface area contributed by atoms with Gasteiger partial charge >= 0.3 is 5.97 Å². The summed E-state index contributed by atoms with van der Waals surface area (Å²) in [5.74, 6) is -1.39. The average molecular weight is 382 g/mol. The van der Waals surface area contributed by atoms with Crippen molar-refractivity contribution in [2.75, 3.05) is 19.6 Å². The van der Waals surface area contributed by atoms with Crippen molar-refractivity contribution in [1.29, 1.82) is 0 Å². The van der Waals surface area contributed by atoms with Crippen LogP contribution in [0.5, 0.6) is 0 Å². The smallest absolute Gasteiger partial charge is 0.311 e. The van der Waals surface area contributed by atoms with E-state index in [0.29, 0.717) is 13.0 Å². The molecule has 0 saturated carbocycles. The molecule has 2 N–H and O–H groups in total. The lowest BCUT2D eigenvalue weighted by molar-refractivity contribution is -0.151. The van der Waals surface area contributed by atoms with Crippen LogP contribution in [0.4, 0.5) is 0 Å². The first-order valence-electron chi connectivity index (χ1n) is 9.58. The molecule has 148 valence electrons. The van der Waals surface area contributed by atoms with Gasteiger partial charge in [0.2, 0.25) is 11.8 Å². The third-order valence-corrected chi connectivity index (χ3v) is 5.85. The number of hydrogen-bond donors (Lipinski definition) is 2. The summed E-state index contributed by atoms with van der Waals surface area (Å²) in [6.07, 6.45) is 0.634. The quantitative estimate of drug-likeness (QED) is 0.803. The van der Waals surface area contributed by atoms with E-state index in [2.05, 4.69) is 5.32 Å². The Labute approximate surface area is 164 Å². The Balaban J connectivity index is 1.58. The minimum atomic E-state index is -0.900. The molecule has 0 spiro atoms. The van der Waals surface area contributed by atoms with Crippen LogP contribution >= 0.6 is 0 Å². The summed E-state index contributed by atoms with van der Waals surface area (Å²) in [5.41, 5.74) is 0.0109. The molecule has 1 unspecified atom stereocenters. The summed E-state index contributed by atoms with van der Waals surface area (Å²) in [4.78, 5) is 38.1. The summed E-state index contributed by atoms with van der Waals surface area (Å²) in [6, 6.07) is 13.7. The normalized spacial score (nSPS) is 19.2. The van der Waals surface area contributed by atoms with Gasteiger partial charge in [0, 0.05) is 13.1 Å². The lowest BCUT2D eigenvalue weighted by Crippen LogP contribution is -2.43. The molecule has 0 radical (unpaired) electrons. The molecule has 0 aromatic heterocycles. The van der Waals surface area contributed by atoms with E-state index >= 15 is 0 Å². The van der Waals surface area contributed by atoms with Gasteiger partial charge in [0.1, 0.15) is 0 Å². The van der Waals surface area contributed by atoms with E-state index in [9.17, 15) is 19.5 Å². The van der Waals surface area contributed by atoms with Gasteiger partial charge in [-0.3, -0.25) is 14.4 Å². The summed E-state index contributed by atoms with van der Waals surface area (Å²) in [5, 5.41) is 14.4. The van der Waals surface area contributed by atoms with E-state index in [4.69, 9.17) is 0 Å². The number of fused-ring (bicyclic) bond motifs is 1. The topological polar surface area (TPSA) is 86.7 Å². The van der Waals surface area contributed by atoms with Gasteiger partial charge in [-0.1, -0.05) is 56.3 Å². The first-order valence-corrected chi connectivity index (χ1v) is 9.58. The van der Waals surface area contributed by atoms with Crippen molar-refractivity contribution in [2.24, 2.45) is 11.3 Å². The monoisotopic (exact) mass is 382 g/mol. The fourth-order valence-electron chi connectivity index (χ4n) is 3.91. The molecule has 1 saturated heterocycles. The zero-order valence-electron chi connectivity index (χ0n) is 16.3. The molecule has 1 fully saturated rings. The van der Waals surface area contributed by atoms with Gasteiger partial charge in [0.05, 0.1) is 18.4 Å². The lowest BCUT2D eigenvalue weighted by atomic mass is 9.76. The Morgan fingerprint density at radius 3 is 2.54 bits per heavy atom. The standard InChI is InChI=1S/C22H26N2O4/c1-15(2)22(21(27)28)10-11-24(14-22)20(26)13-23-19(25)12-17-8-5-7-16-6-3-4-9-18(16)17/h3-9,15H,10-14H2,1-2H3,(H,23,25)(H,27,28). The van der Waals surface area contributed by atoms with Crippen molar-refractivity contribution in [2.45, 2.75) is 26.7 Å². The van der Waals surface area contributed by atoms with Gasteiger partial charge in [-0.25, -0.2) is 0 Å². The summed E-state index contributed by atoms with van der Waals surface area (Å²) in [6.45, 7) is 4.22. The maximum absolute atomic E-state index is 12.5. The largest absolute Gasteiger partial charge is 0.481 e. The fourth-order valence-corrected chi connectivity index (χ4v) is 3.91. The Morgan fingerprint density at radius 2 is 1.86 bits per heavy atom. The van der Waals surface area contributed by atoms with Gasteiger partial charge in [0.15, 0.2) is 0 Å². The zero-order chi connectivity index (χ0) is 20.3. The lowest BCUT2D eigenvalue weighted by Gasteiger charge is -2.28. The number of carbonyl (C=O) groups is 3. The van der Waals surface area contributed by atoms with Crippen molar-refractivity contribution in [3.8, 4) is 0 Å². The molecule has 1 heterocycles. The number of carboxylic acids is 1. The van der Waals surface area contributed by atoms with E-state index in [1.54, 1.807) is 4.90 Å². The molecule has 0 bridgehead atoms. The number of aliphatic carboxylic acids is 1. The van der Waals surface area contributed by atoms with Gasteiger partial charge in [-0.15, -0.1) is 0 Å². The molecule has 1 atom stereocenters. The average Bonchev–Trinajstić information content (AvgIpc) is 3.14. The number of likely N-dealkylation sites (tertiary alicyclic amines) is 1. The molecule has 6 nitrogen and oxygen atoms in total. The zero-order valence-corrected chi connectivity index (χ0v) is 16.3. The Morgan fingerprint density at radius 1 is 1.14 bits per heavy atom. The molecule has 2 aromatic carbocycles. The third kappa shape index (κ3) is 3.86. The van der Waals surface area contributed by atoms with Crippen LogP contribution in [0.15, 0.2) is 42.5 Å². The minimum Gasteiger partial charge on any atom is -0.481 e. The van der Waals surface area contributed by atoms with Gasteiger partial charge in [0.25, 0.3) is 0 Å². The van der Waals surface area contributed by atoms with Crippen molar-refractivity contribution in [3.63, 3.8) is 0 Å². The molecule has 1 aliphatic heterocycles. The first-order chi connectivity index (χ1) is 13.3. The number of benzene rings is 2. The van der Waals surface area contributed by atoms with Crippen LogP contribution in [0, 0.1) is 11.3 Å². The van der Waals surface area contributed by atoms with E-state index < -0.39 is 11.4 Å². The fraction of sp³-hybridized carbons (Fsp3) is 0.409. The van der Waals surface area contributed by atoms with Crippen LogP contribution in [0.25, 0.3) is 10.8 Å². The molecule has 6 heteroatoms. The Bertz CT molecular complexity index is 903. The molecular weight excluding hydrogens is 356 g/mol. The maximum atomic E-state index is 12.5. The molecule has 3 rings (SSSR count). The highest BCUT2D eigenvalue weighted by molar-refractivity contribution is 5.91. The van der Waals surface area contributed by atoms with E-state index in [0.717, 1.165) is 16.3 Å². The maximum Gasteiger partial charge on any atom is 0.311 e. The number of amides is 2. The van der Waals surface area contributed by atoms with Crippen LogP contribution < -0.4 is 5.32 Å². The van der Waals surface area contributed by atoms with Crippen molar-refractivity contribution >= 4 is 28.6 Å². The number of nitrogens with zero attached hydrogens (tertiary/aromatic N) is 1. The van der Waals surface area contributed by atoms with Crippen molar-refractivity contribution in [1.82, 2.24) is 10.2 Å². The highest BCUT2D eigenvalue weighted by Crippen LogP contribution is 2.38. The minimum absolute atomic E-state index is 0.0660. The number of rotatable bonds is 6. The van der Waals surface area contributed by atoms with Crippen LogP contribution in [0.1, 0.15) is 25.8 Å². The van der Waals surface area contributed by atoms with Gasteiger partial charge in [-0.2, -0.15) is 0 Å². The predicted molar refractivity (Wildman–Crippen MR) is 107 cm³/mol. The second-order valence-electron chi connectivity index (χ2n) is 7.77. The van der Waals surface area contributed by atoms with Gasteiger partial charge < -0.3 is 15.3 Å². The van der Waals surface area contributed by atoms with Crippen LogP contribution in [-0.4, -0.2) is 47.4 Å². The van der Waals surface area contributed by atoms with Gasteiger partial charge in [-0.05, 0) is 28.7 Å². The van der Waals surface area contributed by atoms with E-state index in [-0.39, 0.29) is 37.2 Å². The Kier molecular flexibility index (Phi) is 5.68. The molecule has 1 aliphatic rings. The highest BCUT2D eigenvalue weighted by atomic mass is 16.4. The van der Waals surface area contributed by atoms with E-state index in [1.165, 1.54) is 0 Å². The van der Waals surface area contributed by atoms with E-state index in [1.807, 2.05) is 56.3 Å². The third-order valence-electron chi connectivity index (χ3n) is 5.85. The summed E-state index contributed by atoms with van der Waals surface area (Å²) >= 11 is 0. The number of nitrogens with one attached hydrogen (secondary N) is 1. The van der Waals surface area contributed by atoms with Crippen molar-refractivity contribution < 1.29 is 19.5 Å². The van der Waals surface area contributed by atoms with Crippen LogP contribution in [-0.2, 0) is 20.8 Å². The number of hydrogen-bond acceptors (Lipinski definition) is 3. The SMILES string of the molecule is CC(C)C1(C(=O)O)CCN(C(=O)CNC(=O)Cc2cccc3ccccc23)C1. The highest BCUT2D eigenvalue weighted by Gasteiger charge is 2.48. The second-order valence-corrected chi connectivity index (χ2v) is 7.77. The Hall–Kier alpha value is -2.89. The van der Waals surface area contributed by atoms with Crippen LogP contribution in [0.3, 0.4) is 0 Å². The number of carbonyl (C=O) groups excluding carboxylic acids is 2. The second kappa shape index (κ2) is 8.00. The predicted octanol–water partition coefficient (Wildman–Crippen LogP) is 2.46. The summed E-state index contributed by atoms with van der Waals surface area (Å²) < 4.78 is 0. The summed E-state index contributed by atoms with van der Waals surface area (Å²) in [7, 11) is 0. The van der Waals surface area contributed by atoms with Crippen LogP contribution in [0.2, 0.25) is 0 Å². The first kappa shape index (κ1) is 19.9. The molecular formula is C22H26N2O4. The van der Waals surface area contributed by atoms with Crippen molar-refractivity contribution in [3.05, 3.63) is 48.0 Å². The molecule has 0 aliphatic carbocycles. The molecule has 28 heavy (non-hydrogen) atoms.